The largest absolute Gasteiger partial charge is 0.480 e. The lowest BCUT2D eigenvalue weighted by molar-refractivity contribution is -0.151. The highest BCUT2D eigenvalue weighted by atomic mass is 19.4. The standard InChI is InChI=1S/C21H23F3N6O2/c1-29-10-13-4-6-17(27-19(13)32-15(12-29)8-21(22,23)24)26-18-7-5-16(20(28-18)31-3)14-9-25-30(2)11-14/h4-7,9,11,15H,8,10,12H2,1-3H3,(H,26,27,28). The maximum absolute atomic E-state index is 12.9. The Bertz CT molecular complexity index is 1100. The lowest BCUT2D eigenvalue weighted by atomic mass is 10.1. The van der Waals surface area contributed by atoms with Crippen molar-refractivity contribution in [2.45, 2.75) is 25.2 Å². The van der Waals surface area contributed by atoms with Crippen LogP contribution in [0.1, 0.15) is 12.0 Å². The van der Waals surface area contributed by atoms with Gasteiger partial charge in [-0.05, 0) is 31.3 Å². The number of aromatic nitrogens is 4. The van der Waals surface area contributed by atoms with Crippen molar-refractivity contribution >= 4 is 11.6 Å². The zero-order valence-electron chi connectivity index (χ0n) is 17.8. The number of alkyl halides is 3. The molecule has 1 unspecified atom stereocenters. The van der Waals surface area contributed by atoms with Crippen LogP contribution in [-0.2, 0) is 13.6 Å². The summed E-state index contributed by atoms with van der Waals surface area (Å²) in [7, 11) is 5.11. The number of pyridine rings is 2. The molecule has 0 saturated heterocycles. The number of methoxy groups -OCH3 is 1. The summed E-state index contributed by atoms with van der Waals surface area (Å²) in [5.41, 5.74) is 2.36. The molecule has 1 atom stereocenters. The van der Waals surface area contributed by atoms with Gasteiger partial charge in [-0.25, -0.2) is 0 Å². The predicted octanol–water partition coefficient (Wildman–Crippen LogP) is 3.77. The lowest BCUT2D eigenvalue weighted by Crippen LogP contribution is -2.34. The molecule has 0 aliphatic carbocycles. The van der Waals surface area contributed by atoms with Crippen LogP contribution >= 0.6 is 0 Å². The molecule has 1 N–H and O–H groups in total. The zero-order chi connectivity index (χ0) is 22.9. The van der Waals surface area contributed by atoms with Gasteiger partial charge in [0.15, 0.2) is 0 Å². The third kappa shape index (κ3) is 5.10. The fourth-order valence-electron chi connectivity index (χ4n) is 3.60. The monoisotopic (exact) mass is 448 g/mol. The predicted molar refractivity (Wildman–Crippen MR) is 112 cm³/mol. The minimum atomic E-state index is -4.32. The van der Waals surface area contributed by atoms with Gasteiger partial charge >= 0.3 is 6.18 Å². The quantitative estimate of drug-likeness (QED) is 0.637. The minimum absolute atomic E-state index is 0.160. The van der Waals surface area contributed by atoms with Gasteiger partial charge in [0.1, 0.15) is 17.7 Å². The molecular weight excluding hydrogens is 425 g/mol. The summed E-state index contributed by atoms with van der Waals surface area (Å²) in [6.45, 7) is 0.607. The van der Waals surface area contributed by atoms with Crippen LogP contribution < -0.4 is 14.8 Å². The smallest absolute Gasteiger partial charge is 0.392 e. The summed E-state index contributed by atoms with van der Waals surface area (Å²) in [4.78, 5) is 10.7. The van der Waals surface area contributed by atoms with Crippen molar-refractivity contribution in [1.82, 2.24) is 24.6 Å². The van der Waals surface area contributed by atoms with Crippen LogP contribution in [0.3, 0.4) is 0 Å². The van der Waals surface area contributed by atoms with Crippen LogP contribution in [0.25, 0.3) is 11.1 Å². The second-order valence-electron chi connectivity index (χ2n) is 7.70. The van der Waals surface area contributed by atoms with E-state index in [4.69, 9.17) is 9.47 Å². The maximum atomic E-state index is 12.9. The molecule has 8 nitrogen and oxygen atoms in total. The molecule has 4 rings (SSSR count). The molecule has 170 valence electrons. The second-order valence-corrected chi connectivity index (χ2v) is 7.70. The van der Waals surface area contributed by atoms with E-state index >= 15 is 0 Å². The second kappa shape index (κ2) is 8.65. The summed E-state index contributed by atoms with van der Waals surface area (Å²) < 4.78 is 51.5. The molecule has 0 radical (unpaired) electrons. The van der Waals surface area contributed by atoms with Gasteiger partial charge in [0, 0.05) is 43.0 Å². The average Bonchev–Trinajstić information content (AvgIpc) is 3.07. The molecule has 1 aliphatic rings. The number of halogens is 3. The van der Waals surface area contributed by atoms with Gasteiger partial charge in [0.25, 0.3) is 0 Å². The third-order valence-corrected chi connectivity index (χ3v) is 4.96. The molecule has 11 heteroatoms. The average molecular weight is 448 g/mol. The van der Waals surface area contributed by atoms with E-state index in [1.54, 1.807) is 41.0 Å². The molecule has 0 saturated carbocycles. The molecule has 3 aromatic heterocycles. The molecule has 1 aliphatic heterocycles. The van der Waals surface area contributed by atoms with Crippen LogP contribution in [-0.4, -0.2) is 57.6 Å². The first-order chi connectivity index (χ1) is 15.2. The number of anilines is 2. The molecular formula is C21H23F3N6O2. The number of ether oxygens (including phenoxy) is 2. The van der Waals surface area contributed by atoms with E-state index in [0.717, 1.165) is 16.7 Å². The molecule has 32 heavy (non-hydrogen) atoms. The van der Waals surface area contributed by atoms with Crippen molar-refractivity contribution in [3.63, 3.8) is 0 Å². The summed E-state index contributed by atoms with van der Waals surface area (Å²) in [6.07, 6.45) is -2.81. The SMILES string of the molecule is COc1nc(Nc2ccc3c(n2)OC(CC(F)(F)F)CN(C)C3)ccc1-c1cnn(C)c1. The van der Waals surface area contributed by atoms with E-state index in [2.05, 4.69) is 20.4 Å². The normalized spacial score (nSPS) is 16.8. The summed E-state index contributed by atoms with van der Waals surface area (Å²) in [5.74, 6) is 1.47. The third-order valence-electron chi connectivity index (χ3n) is 4.96. The number of likely N-dealkylation sites (N-methyl/N-ethyl adjacent to an activating group) is 1. The van der Waals surface area contributed by atoms with Gasteiger partial charge in [-0.15, -0.1) is 0 Å². The van der Waals surface area contributed by atoms with Gasteiger partial charge in [-0.3, -0.25) is 9.58 Å². The molecule has 0 fully saturated rings. The van der Waals surface area contributed by atoms with Crippen molar-refractivity contribution in [3.8, 4) is 22.9 Å². The highest BCUT2D eigenvalue weighted by molar-refractivity contribution is 5.70. The number of rotatable bonds is 5. The molecule has 0 spiro atoms. The summed E-state index contributed by atoms with van der Waals surface area (Å²) in [5, 5.41) is 7.23. The Morgan fingerprint density at radius 3 is 2.59 bits per heavy atom. The van der Waals surface area contributed by atoms with E-state index < -0.39 is 18.7 Å². The fraction of sp³-hybridized carbons (Fsp3) is 0.381. The van der Waals surface area contributed by atoms with Gasteiger partial charge in [0.2, 0.25) is 11.8 Å². The van der Waals surface area contributed by atoms with Crippen LogP contribution in [0.4, 0.5) is 24.8 Å². The topological polar surface area (TPSA) is 77.3 Å². The van der Waals surface area contributed by atoms with Crippen LogP contribution in [0.2, 0.25) is 0 Å². The van der Waals surface area contributed by atoms with Gasteiger partial charge < -0.3 is 14.8 Å². The van der Waals surface area contributed by atoms with Crippen LogP contribution in [0, 0.1) is 0 Å². The number of nitrogens with zero attached hydrogens (tertiary/aromatic N) is 5. The van der Waals surface area contributed by atoms with Crippen molar-refractivity contribution in [2.75, 3.05) is 26.0 Å². The fourth-order valence-corrected chi connectivity index (χ4v) is 3.60. The maximum Gasteiger partial charge on any atom is 0.392 e. The first kappa shape index (κ1) is 21.9. The molecule has 3 aromatic rings. The number of hydrogen-bond acceptors (Lipinski definition) is 7. The van der Waals surface area contributed by atoms with Crippen LogP contribution in [0.5, 0.6) is 11.8 Å². The van der Waals surface area contributed by atoms with E-state index in [9.17, 15) is 13.2 Å². The van der Waals surface area contributed by atoms with Crippen molar-refractivity contribution in [1.29, 1.82) is 0 Å². The molecule has 4 heterocycles. The first-order valence-corrected chi connectivity index (χ1v) is 9.93. The van der Waals surface area contributed by atoms with E-state index in [0.29, 0.717) is 24.1 Å². The molecule has 0 amide bonds. The number of aryl methyl sites for hydroxylation is 1. The Labute approximate surface area is 183 Å². The molecule has 0 aromatic carbocycles. The highest BCUT2D eigenvalue weighted by Gasteiger charge is 2.35. The Morgan fingerprint density at radius 1 is 1.16 bits per heavy atom. The lowest BCUT2D eigenvalue weighted by Gasteiger charge is -2.21. The van der Waals surface area contributed by atoms with E-state index in [-0.39, 0.29) is 12.4 Å². The van der Waals surface area contributed by atoms with Gasteiger partial charge in [0.05, 0.1) is 19.7 Å². The Kier molecular flexibility index (Phi) is 5.92. The number of nitrogens with one attached hydrogen (secondary N) is 1. The van der Waals surface area contributed by atoms with E-state index in [1.165, 1.54) is 7.11 Å². The Morgan fingerprint density at radius 2 is 1.91 bits per heavy atom. The Hall–Kier alpha value is -3.34. The summed E-state index contributed by atoms with van der Waals surface area (Å²) in [6, 6.07) is 7.14. The van der Waals surface area contributed by atoms with Gasteiger partial charge in [-0.1, -0.05) is 0 Å². The van der Waals surface area contributed by atoms with Crippen molar-refractivity contribution in [2.24, 2.45) is 7.05 Å². The summed E-state index contributed by atoms with van der Waals surface area (Å²) >= 11 is 0. The first-order valence-electron chi connectivity index (χ1n) is 9.93. The van der Waals surface area contributed by atoms with Crippen molar-refractivity contribution in [3.05, 3.63) is 42.2 Å². The minimum Gasteiger partial charge on any atom is -0.480 e. The zero-order valence-corrected chi connectivity index (χ0v) is 17.8. The number of fused-ring (bicyclic) bond motifs is 1. The van der Waals surface area contributed by atoms with Gasteiger partial charge in [-0.2, -0.15) is 28.2 Å². The molecule has 0 bridgehead atoms. The van der Waals surface area contributed by atoms with Crippen molar-refractivity contribution < 1.29 is 22.6 Å². The van der Waals surface area contributed by atoms with E-state index in [1.807, 2.05) is 19.3 Å². The number of hydrogen-bond donors (Lipinski definition) is 1. The highest BCUT2D eigenvalue weighted by Crippen LogP contribution is 2.32. The Balaban J connectivity index is 1.57. The van der Waals surface area contributed by atoms with Crippen LogP contribution in [0.15, 0.2) is 36.7 Å².